The van der Waals surface area contributed by atoms with Gasteiger partial charge in [0.15, 0.2) is 11.7 Å². The van der Waals surface area contributed by atoms with Crippen LogP contribution < -0.4 is 0 Å². The molecule has 4 fully saturated rings. The first kappa shape index (κ1) is 15.9. The van der Waals surface area contributed by atoms with Crippen LogP contribution in [0.5, 0.6) is 0 Å². The SMILES string of the molecule is O=C1O[C@@]2(c3ccc(Br)cc3)[C@@H](OC(=O)C23CCCC3)C12CCCC2. The smallest absolute Gasteiger partial charge is 0.317 e. The van der Waals surface area contributed by atoms with E-state index in [0.717, 1.165) is 61.4 Å². The second-order valence-electron chi connectivity index (χ2n) is 8.07. The van der Waals surface area contributed by atoms with E-state index in [-0.39, 0.29) is 11.9 Å². The van der Waals surface area contributed by atoms with Crippen molar-refractivity contribution in [2.75, 3.05) is 0 Å². The standard InChI is InChI=1S/C20H21BrO4/c21-14-7-5-13(6-8-14)20-15(18(16(22)25-20)9-1-2-10-18)24-17(23)19(20)11-3-4-12-19/h5-8,15H,1-4,9-12H2/t15-,20-/m0/s1. The van der Waals surface area contributed by atoms with Crippen molar-refractivity contribution in [3.8, 4) is 0 Å². The Bertz CT molecular complexity index is 741. The van der Waals surface area contributed by atoms with Gasteiger partial charge >= 0.3 is 11.9 Å². The zero-order chi connectivity index (χ0) is 17.3. The molecule has 2 aliphatic carbocycles. The molecular weight excluding hydrogens is 384 g/mol. The summed E-state index contributed by atoms with van der Waals surface area (Å²) in [6, 6.07) is 7.89. The quantitative estimate of drug-likeness (QED) is 0.656. The molecule has 0 amide bonds. The van der Waals surface area contributed by atoms with Crippen molar-refractivity contribution in [2.24, 2.45) is 10.8 Å². The molecule has 2 atom stereocenters. The van der Waals surface area contributed by atoms with Crippen LogP contribution in [0.15, 0.2) is 28.7 Å². The Hall–Kier alpha value is -1.36. The molecular formula is C20H21BrO4. The Kier molecular flexibility index (Phi) is 3.23. The summed E-state index contributed by atoms with van der Waals surface area (Å²) < 4.78 is 13.2. The fourth-order valence-corrected chi connectivity index (χ4v) is 6.19. The van der Waals surface area contributed by atoms with E-state index in [0.29, 0.717) is 0 Å². The zero-order valence-corrected chi connectivity index (χ0v) is 15.6. The van der Waals surface area contributed by atoms with Gasteiger partial charge in [-0.15, -0.1) is 0 Å². The lowest BCUT2D eigenvalue weighted by molar-refractivity contribution is -0.169. The first-order chi connectivity index (χ1) is 12.1. The van der Waals surface area contributed by atoms with Crippen LogP contribution in [0.2, 0.25) is 0 Å². The maximum atomic E-state index is 13.1. The van der Waals surface area contributed by atoms with Crippen molar-refractivity contribution in [2.45, 2.75) is 63.1 Å². The fourth-order valence-electron chi connectivity index (χ4n) is 5.92. The summed E-state index contributed by atoms with van der Waals surface area (Å²) in [5.74, 6) is -0.312. The molecule has 0 unspecified atom stereocenters. The lowest BCUT2D eigenvalue weighted by atomic mass is 9.62. The molecule has 2 saturated heterocycles. The molecule has 2 heterocycles. The number of carbonyl (C=O) groups excluding carboxylic acids is 2. The monoisotopic (exact) mass is 404 g/mol. The Morgan fingerprint density at radius 2 is 1.48 bits per heavy atom. The second kappa shape index (κ2) is 5.09. The average molecular weight is 405 g/mol. The van der Waals surface area contributed by atoms with Gasteiger partial charge in [0.1, 0.15) is 10.8 Å². The van der Waals surface area contributed by atoms with Gasteiger partial charge in [-0.2, -0.15) is 0 Å². The maximum absolute atomic E-state index is 13.1. The van der Waals surface area contributed by atoms with E-state index >= 15 is 0 Å². The largest absolute Gasteiger partial charge is 0.456 e. The van der Waals surface area contributed by atoms with Crippen LogP contribution in [0, 0.1) is 10.8 Å². The summed E-state index contributed by atoms with van der Waals surface area (Å²) in [6.07, 6.45) is 6.45. The molecule has 0 N–H and O–H groups in total. The van der Waals surface area contributed by atoms with Crippen molar-refractivity contribution >= 4 is 27.9 Å². The number of fused-ring (bicyclic) bond motifs is 3. The van der Waals surface area contributed by atoms with Crippen LogP contribution in [-0.2, 0) is 24.7 Å². The molecule has 132 valence electrons. The highest BCUT2D eigenvalue weighted by molar-refractivity contribution is 9.10. The topological polar surface area (TPSA) is 52.6 Å². The number of ether oxygens (including phenoxy) is 2. The molecule has 1 aromatic carbocycles. The summed E-state index contributed by atoms with van der Waals surface area (Å²) in [5, 5.41) is 0. The van der Waals surface area contributed by atoms with E-state index in [1.54, 1.807) is 0 Å². The molecule has 2 aliphatic heterocycles. The van der Waals surface area contributed by atoms with Crippen LogP contribution in [0.1, 0.15) is 56.9 Å². The molecule has 4 aliphatic rings. The maximum Gasteiger partial charge on any atom is 0.317 e. The Morgan fingerprint density at radius 1 is 0.880 bits per heavy atom. The molecule has 5 heteroatoms. The van der Waals surface area contributed by atoms with Crippen molar-refractivity contribution < 1.29 is 19.1 Å². The first-order valence-corrected chi connectivity index (χ1v) is 10.1. The Morgan fingerprint density at radius 3 is 2.12 bits per heavy atom. The molecule has 0 aromatic heterocycles. The van der Waals surface area contributed by atoms with Crippen molar-refractivity contribution in [1.29, 1.82) is 0 Å². The van der Waals surface area contributed by atoms with E-state index in [1.807, 2.05) is 24.3 Å². The number of halogens is 1. The first-order valence-electron chi connectivity index (χ1n) is 9.26. The summed E-state index contributed by atoms with van der Waals surface area (Å²) in [5.41, 5.74) is -1.41. The number of carbonyl (C=O) groups is 2. The van der Waals surface area contributed by atoms with Crippen LogP contribution >= 0.6 is 15.9 Å². The Balaban J connectivity index is 1.75. The summed E-state index contributed by atoms with van der Waals surface area (Å²) in [4.78, 5) is 26.2. The molecule has 2 spiro atoms. The molecule has 0 radical (unpaired) electrons. The minimum absolute atomic E-state index is 0.156. The van der Waals surface area contributed by atoms with E-state index in [9.17, 15) is 9.59 Å². The predicted octanol–water partition coefficient (Wildman–Crippen LogP) is 4.25. The van der Waals surface area contributed by atoms with Crippen molar-refractivity contribution in [3.63, 3.8) is 0 Å². The van der Waals surface area contributed by atoms with Crippen LogP contribution in [0.4, 0.5) is 0 Å². The number of benzene rings is 1. The molecule has 25 heavy (non-hydrogen) atoms. The Labute approximate surface area is 155 Å². The highest BCUT2D eigenvalue weighted by Gasteiger charge is 2.81. The third-order valence-corrected chi connectivity index (χ3v) is 7.61. The van der Waals surface area contributed by atoms with Gasteiger partial charge in [0.25, 0.3) is 0 Å². The van der Waals surface area contributed by atoms with E-state index < -0.39 is 22.5 Å². The minimum atomic E-state index is -0.956. The summed E-state index contributed by atoms with van der Waals surface area (Å²) in [6.45, 7) is 0. The molecule has 1 aromatic rings. The minimum Gasteiger partial charge on any atom is -0.456 e. The predicted molar refractivity (Wildman–Crippen MR) is 93.6 cm³/mol. The van der Waals surface area contributed by atoms with Gasteiger partial charge in [0, 0.05) is 10.0 Å². The van der Waals surface area contributed by atoms with Crippen LogP contribution in [0.25, 0.3) is 0 Å². The van der Waals surface area contributed by atoms with Gasteiger partial charge < -0.3 is 9.47 Å². The number of esters is 2. The normalized spacial score (nSPS) is 34.5. The van der Waals surface area contributed by atoms with E-state index in [4.69, 9.17) is 9.47 Å². The van der Waals surface area contributed by atoms with Gasteiger partial charge in [0.05, 0.1) is 0 Å². The van der Waals surface area contributed by atoms with Gasteiger partial charge in [-0.05, 0) is 37.8 Å². The average Bonchev–Trinajstić information content (AvgIpc) is 3.35. The van der Waals surface area contributed by atoms with Crippen LogP contribution in [-0.4, -0.2) is 18.0 Å². The second-order valence-corrected chi connectivity index (χ2v) is 8.99. The van der Waals surface area contributed by atoms with Gasteiger partial charge in [-0.3, -0.25) is 9.59 Å². The third kappa shape index (κ3) is 1.73. The molecule has 4 nitrogen and oxygen atoms in total. The van der Waals surface area contributed by atoms with Crippen molar-refractivity contribution in [1.82, 2.24) is 0 Å². The lowest BCUT2D eigenvalue weighted by Gasteiger charge is -2.38. The van der Waals surface area contributed by atoms with Gasteiger partial charge in [-0.25, -0.2) is 0 Å². The zero-order valence-electron chi connectivity index (χ0n) is 14.1. The van der Waals surface area contributed by atoms with Crippen molar-refractivity contribution in [3.05, 3.63) is 34.3 Å². The third-order valence-electron chi connectivity index (χ3n) is 7.08. The fraction of sp³-hybridized carbons (Fsp3) is 0.600. The number of hydrogen-bond donors (Lipinski definition) is 0. The van der Waals surface area contributed by atoms with Crippen LogP contribution in [0.3, 0.4) is 0 Å². The van der Waals surface area contributed by atoms with E-state index in [1.165, 1.54) is 0 Å². The molecule has 0 bridgehead atoms. The summed E-state index contributed by atoms with van der Waals surface area (Å²) >= 11 is 3.48. The van der Waals surface area contributed by atoms with E-state index in [2.05, 4.69) is 15.9 Å². The highest BCUT2D eigenvalue weighted by Crippen LogP contribution is 2.69. The number of hydrogen-bond acceptors (Lipinski definition) is 4. The number of rotatable bonds is 1. The van der Waals surface area contributed by atoms with Gasteiger partial charge in [-0.1, -0.05) is 53.7 Å². The highest BCUT2D eigenvalue weighted by atomic mass is 79.9. The van der Waals surface area contributed by atoms with Gasteiger partial charge in [0.2, 0.25) is 0 Å². The lowest BCUT2D eigenvalue weighted by Crippen LogP contribution is -2.49. The molecule has 2 saturated carbocycles. The summed E-state index contributed by atoms with van der Waals surface area (Å²) in [7, 11) is 0. The molecule has 5 rings (SSSR count).